The van der Waals surface area contributed by atoms with E-state index in [0.717, 1.165) is 5.56 Å². The molecule has 2 rings (SSSR count). The van der Waals surface area contributed by atoms with Crippen LogP contribution in [0.3, 0.4) is 0 Å². The number of nitrogens with one attached hydrogen (secondary N) is 2. The highest BCUT2D eigenvalue weighted by molar-refractivity contribution is 6.30. The van der Waals surface area contributed by atoms with Gasteiger partial charge >= 0.3 is 12.0 Å². The number of hydrogen-bond acceptors (Lipinski definition) is 6. The number of piperidine rings is 1. The van der Waals surface area contributed by atoms with Crippen molar-refractivity contribution in [1.82, 2.24) is 15.5 Å². The summed E-state index contributed by atoms with van der Waals surface area (Å²) in [7, 11) is 0. The second-order valence-electron chi connectivity index (χ2n) is 10.7. The molecule has 35 heavy (non-hydrogen) atoms. The minimum atomic E-state index is -1.13. The zero-order chi connectivity index (χ0) is 26.6. The number of nitrogens with zero attached hydrogens (tertiary/aromatic N) is 1. The molecular weight excluding hydrogens is 472 g/mol. The third-order valence-electron chi connectivity index (χ3n) is 6.53. The van der Waals surface area contributed by atoms with Crippen LogP contribution >= 0.6 is 11.6 Å². The topological polar surface area (TPSA) is 134 Å². The third kappa shape index (κ3) is 7.08. The van der Waals surface area contributed by atoms with Crippen molar-refractivity contribution in [1.29, 1.82) is 0 Å². The Bertz CT molecular complexity index is 919. The maximum atomic E-state index is 13.4. The second-order valence-corrected chi connectivity index (χ2v) is 11.2. The van der Waals surface area contributed by atoms with Gasteiger partial charge in [0, 0.05) is 23.5 Å². The molecule has 196 valence electrons. The first-order chi connectivity index (χ1) is 16.1. The number of nitrogens with two attached hydrogens (primary N) is 1. The number of hydrogen-bond donors (Lipinski definition) is 4. The normalized spacial score (nSPS) is 20.8. The standard InChI is InChI=1S/C25H39ClN4O5/c1-16(2)20(29-22(33)28-14-24(5,6)35-19(31)13-27)21(32)30-12-11-25(34,23(3,4)15-30)17-7-9-18(26)10-8-17/h7-10,16,20,34H,11-15,27H2,1-6H3,(H2,28,29,33)/t20?,25-/m0/s1. The summed E-state index contributed by atoms with van der Waals surface area (Å²) in [4.78, 5) is 39.2. The molecule has 1 heterocycles. The van der Waals surface area contributed by atoms with Crippen molar-refractivity contribution in [3.05, 3.63) is 34.9 Å². The van der Waals surface area contributed by atoms with Crippen molar-refractivity contribution >= 4 is 29.5 Å². The zero-order valence-corrected chi connectivity index (χ0v) is 22.2. The summed E-state index contributed by atoms with van der Waals surface area (Å²) in [5.41, 5.74) is 3.32. The molecule has 1 unspecified atom stereocenters. The number of aliphatic hydroxyl groups is 1. The molecule has 1 aromatic carbocycles. The maximum Gasteiger partial charge on any atom is 0.320 e. The van der Waals surface area contributed by atoms with Crippen LogP contribution in [0.1, 0.15) is 53.5 Å². The average molecular weight is 511 g/mol. The SMILES string of the molecule is CC(C)C(NC(=O)NCC(C)(C)OC(=O)CN)C(=O)N1CC[C@](O)(c2ccc(Cl)cc2)C(C)(C)C1. The quantitative estimate of drug-likeness (QED) is 0.397. The van der Waals surface area contributed by atoms with Crippen molar-refractivity contribution in [3.63, 3.8) is 0 Å². The van der Waals surface area contributed by atoms with Gasteiger partial charge in [-0.1, -0.05) is 51.4 Å². The summed E-state index contributed by atoms with van der Waals surface area (Å²) in [6.07, 6.45) is 0.352. The molecule has 0 radical (unpaired) electrons. The summed E-state index contributed by atoms with van der Waals surface area (Å²) < 4.78 is 5.21. The van der Waals surface area contributed by atoms with Crippen molar-refractivity contribution in [2.24, 2.45) is 17.1 Å². The van der Waals surface area contributed by atoms with Crippen molar-refractivity contribution in [2.75, 3.05) is 26.2 Å². The van der Waals surface area contributed by atoms with E-state index in [2.05, 4.69) is 10.6 Å². The van der Waals surface area contributed by atoms with Crippen molar-refractivity contribution < 1.29 is 24.2 Å². The molecule has 3 amide bonds. The molecule has 0 aliphatic carbocycles. The number of ether oxygens (including phenoxy) is 1. The molecule has 1 aromatic rings. The van der Waals surface area contributed by atoms with Gasteiger partial charge < -0.3 is 31.1 Å². The van der Waals surface area contributed by atoms with E-state index >= 15 is 0 Å². The Morgan fingerprint density at radius 2 is 1.83 bits per heavy atom. The molecule has 1 saturated heterocycles. The Hall–Kier alpha value is -2.36. The number of carbonyl (C=O) groups excluding carboxylic acids is 3. The summed E-state index contributed by atoms with van der Waals surface area (Å²) in [5, 5.41) is 17.6. The van der Waals surface area contributed by atoms with Crippen LogP contribution < -0.4 is 16.4 Å². The lowest BCUT2D eigenvalue weighted by Crippen LogP contribution is -2.61. The van der Waals surface area contributed by atoms with Crippen LogP contribution in [0.5, 0.6) is 0 Å². The minimum absolute atomic E-state index is 0.0500. The highest BCUT2D eigenvalue weighted by Gasteiger charge is 2.50. The average Bonchev–Trinajstić information content (AvgIpc) is 2.77. The van der Waals surface area contributed by atoms with Gasteiger partial charge in [0.15, 0.2) is 0 Å². The second kappa shape index (κ2) is 11.1. The van der Waals surface area contributed by atoms with Gasteiger partial charge in [0.1, 0.15) is 11.6 Å². The number of amides is 3. The molecule has 5 N–H and O–H groups in total. The highest BCUT2D eigenvalue weighted by atomic mass is 35.5. The molecule has 0 bridgehead atoms. The van der Waals surface area contributed by atoms with Gasteiger partial charge in [0.25, 0.3) is 0 Å². The van der Waals surface area contributed by atoms with E-state index in [1.54, 1.807) is 30.9 Å². The number of likely N-dealkylation sites (tertiary alicyclic amines) is 1. The number of rotatable bonds is 8. The lowest BCUT2D eigenvalue weighted by atomic mass is 9.66. The van der Waals surface area contributed by atoms with Crippen LogP contribution in [-0.2, 0) is 19.9 Å². The molecule has 1 fully saturated rings. The lowest BCUT2D eigenvalue weighted by Gasteiger charge is -2.51. The van der Waals surface area contributed by atoms with Gasteiger partial charge in [-0.25, -0.2) is 4.79 Å². The Morgan fingerprint density at radius 1 is 1.23 bits per heavy atom. The number of carbonyl (C=O) groups is 3. The molecule has 0 saturated carbocycles. The fraction of sp³-hybridized carbons (Fsp3) is 0.640. The van der Waals surface area contributed by atoms with E-state index in [1.165, 1.54) is 0 Å². The summed E-state index contributed by atoms with van der Waals surface area (Å²) in [5.74, 6) is -0.953. The predicted octanol–water partition coefficient (Wildman–Crippen LogP) is 2.39. The van der Waals surface area contributed by atoms with Gasteiger partial charge in [-0.15, -0.1) is 0 Å². The van der Waals surface area contributed by atoms with Crippen LogP contribution in [0.2, 0.25) is 5.02 Å². The molecule has 0 spiro atoms. The predicted molar refractivity (Wildman–Crippen MR) is 135 cm³/mol. The fourth-order valence-corrected chi connectivity index (χ4v) is 4.48. The smallest absolute Gasteiger partial charge is 0.320 e. The van der Waals surface area contributed by atoms with E-state index in [1.807, 2.05) is 39.8 Å². The largest absolute Gasteiger partial charge is 0.457 e. The minimum Gasteiger partial charge on any atom is -0.457 e. The third-order valence-corrected chi connectivity index (χ3v) is 6.79. The Morgan fingerprint density at radius 3 is 2.34 bits per heavy atom. The van der Waals surface area contributed by atoms with Gasteiger partial charge in [-0.3, -0.25) is 9.59 Å². The molecule has 1 aliphatic heterocycles. The van der Waals surface area contributed by atoms with E-state index in [-0.39, 0.29) is 24.9 Å². The first kappa shape index (κ1) is 28.9. The molecule has 0 aromatic heterocycles. The van der Waals surface area contributed by atoms with Gasteiger partial charge in [-0.2, -0.15) is 0 Å². The first-order valence-corrected chi connectivity index (χ1v) is 12.2. The van der Waals surface area contributed by atoms with Crippen LogP contribution in [0.15, 0.2) is 24.3 Å². The van der Waals surface area contributed by atoms with Crippen LogP contribution in [-0.4, -0.2) is 65.7 Å². The van der Waals surface area contributed by atoms with Crippen LogP contribution in [0.25, 0.3) is 0 Å². The zero-order valence-electron chi connectivity index (χ0n) is 21.5. The number of benzene rings is 1. The molecular formula is C25H39ClN4O5. The van der Waals surface area contributed by atoms with E-state index in [4.69, 9.17) is 22.1 Å². The molecule has 1 aliphatic rings. The molecule has 10 heteroatoms. The fourth-order valence-electron chi connectivity index (χ4n) is 4.35. The monoisotopic (exact) mass is 510 g/mol. The summed E-state index contributed by atoms with van der Waals surface area (Å²) in [6, 6.07) is 5.83. The summed E-state index contributed by atoms with van der Waals surface area (Å²) >= 11 is 6.01. The van der Waals surface area contributed by atoms with Gasteiger partial charge in [0.2, 0.25) is 5.91 Å². The molecule has 2 atom stereocenters. The van der Waals surface area contributed by atoms with Gasteiger partial charge in [0.05, 0.1) is 18.7 Å². The van der Waals surface area contributed by atoms with Crippen LogP contribution in [0, 0.1) is 11.3 Å². The Kier molecular flexibility index (Phi) is 9.19. The van der Waals surface area contributed by atoms with Gasteiger partial charge in [-0.05, 0) is 43.9 Å². The van der Waals surface area contributed by atoms with E-state index in [0.29, 0.717) is 24.5 Å². The first-order valence-electron chi connectivity index (χ1n) is 11.9. The lowest BCUT2D eigenvalue weighted by molar-refractivity contribution is -0.155. The highest BCUT2D eigenvalue weighted by Crippen LogP contribution is 2.46. The Balaban J connectivity index is 2.06. The molecule has 9 nitrogen and oxygen atoms in total. The van der Waals surface area contributed by atoms with E-state index < -0.39 is 34.7 Å². The van der Waals surface area contributed by atoms with Crippen molar-refractivity contribution in [2.45, 2.75) is 65.2 Å². The number of urea groups is 1. The van der Waals surface area contributed by atoms with E-state index in [9.17, 15) is 19.5 Å². The number of halogens is 1. The summed E-state index contributed by atoms with van der Waals surface area (Å²) in [6.45, 7) is 11.3. The Labute approximate surface area is 212 Å². The van der Waals surface area contributed by atoms with Crippen molar-refractivity contribution in [3.8, 4) is 0 Å². The maximum absolute atomic E-state index is 13.4. The number of esters is 1. The van der Waals surface area contributed by atoms with Crippen LogP contribution in [0.4, 0.5) is 4.79 Å².